The zero-order valence-corrected chi connectivity index (χ0v) is 10.9. The summed E-state index contributed by atoms with van der Waals surface area (Å²) in [5, 5.41) is 3.66. The van der Waals surface area contributed by atoms with Crippen LogP contribution in [0.1, 0.15) is 37.8 Å². The van der Waals surface area contributed by atoms with Crippen molar-refractivity contribution in [2.75, 3.05) is 6.61 Å². The lowest BCUT2D eigenvalue weighted by Gasteiger charge is -2.28. The van der Waals surface area contributed by atoms with Gasteiger partial charge in [-0.05, 0) is 37.3 Å². The lowest BCUT2D eigenvalue weighted by molar-refractivity contribution is 0.0130. The van der Waals surface area contributed by atoms with E-state index in [1.165, 1.54) is 11.1 Å². The van der Waals surface area contributed by atoms with Gasteiger partial charge in [0.25, 0.3) is 0 Å². The highest BCUT2D eigenvalue weighted by molar-refractivity contribution is 5.26. The highest BCUT2D eigenvalue weighted by Crippen LogP contribution is 2.15. The second kappa shape index (κ2) is 6.18. The number of benzene rings is 1. The van der Waals surface area contributed by atoms with Gasteiger partial charge in [-0.1, -0.05) is 31.2 Å². The van der Waals surface area contributed by atoms with Gasteiger partial charge in [0, 0.05) is 19.2 Å². The topological polar surface area (TPSA) is 21.3 Å². The van der Waals surface area contributed by atoms with E-state index in [-0.39, 0.29) is 0 Å². The third-order valence-corrected chi connectivity index (χ3v) is 3.57. The Labute approximate surface area is 104 Å². The molecule has 0 bridgehead atoms. The van der Waals surface area contributed by atoms with E-state index in [2.05, 4.69) is 43.4 Å². The molecule has 1 fully saturated rings. The van der Waals surface area contributed by atoms with E-state index < -0.39 is 0 Å². The Bertz CT molecular complexity index is 351. The van der Waals surface area contributed by atoms with Crippen LogP contribution in [0.4, 0.5) is 0 Å². The van der Waals surface area contributed by atoms with Gasteiger partial charge in [-0.3, -0.25) is 0 Å². The molecule has 0 aliphatic carbocycles. The highest BCUT2D eigenvalue weighted by Gasteiger charge is 2.18. The lowest BCUT2D eigenvalue weighted by atomic mass is 10.0. The molecule has 0 aromatic heterocycles. The van der Waals surface area contributed by atoms with E-state index >= 15 is 0 Å². The van der Waals surface area contributed by atoms with Crippen molar-refractivity contribution in [2.24, 2.45) is 0 Å². The van der Waals surface area contributed by atoms with E-state index in [9.17, 15) is 0 Å². The number of rotatable bonds is 4. The number of hydrogen-bond donors (Lipinski definition) is 1. The van der Waals surface area contributed by atoms with Crippen molar-refractivity contribution in [3.63, 3.8) is 0 Å². The van der Waals surface area contributed by atoms with E-state index in [1.54, 1.807) is 0 Å². The fraction of sp³-hybridized carbons (Fsp3) is 0.600. The van der Waals surface area contributed by atoms with Gasteiger partial charge < -0.3 is 10.1 Å². The predicted octanol–water partition coefficient (Wildman–Crippen LogP) is 2.91. The Morgan fingerprint density at radius 1 is 1.29 bits per heavy atom. The van der Waals surface area contributed by atoms with E-state index in [0.29, 0.717) is 12.1 Å². The molecule has 0 spiro atoms. The Kier molecular flexibility index (Phi) is 4.57. The minimum absolute atomic E-state index is 0.405. The van der Waals surface area contributed by atoms with Crippen LogP contribution in [0, 0.1) is 0 Å². The summed E-state index contributed by atoms with van der Waals surface area (Å²) in [7, 11) is 0. The molecule has 94 valence electrons. The zero-order chi connectivity index (χ0) is 12.1. The van der Waals surface area contributed by atoms with Crippen molar-refractivity contribution < 1.29 is 4.74 Å². The van der Waals surface area contributed by atoms with Crippen LogP contribution in [0.25, 0.3) is 0 Å². The molecule has 2 unspecified atom stereocenters. The molecule has 17 heavy (non-hydrogen) atoms. The van der Waals surface area contributed by atoms with Crippen molar-refractivity contribution in [3.8, 4) is 0 Å². The van der Waals surface area contributed by atoms with Crippen LogP contribution >= 0.6 is 0 Å². The number of aryl methyl sites for hydroxylation is 1. The molecule has 1 aromatic rings. The van der Waals surface area contributed by atoms with Gasteiger partial charge in [-0.2, -0.15) is 0 Å². The molecule has 0 amide bonds. The Balaban J connectivity index is 1.88. The van der Waals surface area contributed by atoms with Crippen LogP contribution in [-0.2, 0) is 17.7 Å². The molecule has 1 aliphatic rings. The summed E-state index contributed by atoms with van der Waals surface area (Å²) < 4.78 is 5.56. The van der Waals surface area contributed by atoms with E-state index in [4.69, 9.17) is 4.74 Å². The maximum absolute atomic E-state index is 5.56. The van der Waals surface area contributed by atoms with Crippen LogP contribution < -0.4 is 5.32 Å². The first-order chi connectivity index (χ1) is 8.29. The van der Waals surface area contributed by atoms with Crippen LogP contribution in [-0.4, -0.2) is 18.8 Å². The molecule has 1 aliphatic heterocycles. The molecule has 0 radical (unpaired) electrons. The average Bonchev–Trinajstić information content (AvgIpc) is 2.37. The predicted molar refractivity (Wildman–Crippen MR) is 71.1 cm³/mol. The minimum atomic E-state index is 0.405. The summed E-state index contributed by atoms with van der Waals surface area (Å²) in [6, 6.07) is 9.32. The van der Waals surface area contributed by atoms with Gasteiger partial charge in [0.1, 0.15) is 0 Å². The normalized spacial score (nSPS) is 24.8. The maximum atomic E-state index is 5.56. The molecule has 1 saturated heterocycles. The SMILES string of the molecule is CCc1ccccc1CNC1CCOC(C)C1. The summed E-state index contributed by atoms with van der Waals surface area (Å²) in [5.41, 5.74) is 2.90. The second-order valence-corrected chi connectivity index (χ2v) is 4.91. The zero-order valence-electron chi connectivity index (χ0n) is 10.9. The van der Waals surface area contributed by atoms with E-state index in [1.807, 2.05) is 0 Å². The molecule has 2 atom stereocenters. The van der Waals surface area contributed by atoms with E-state index in [0.717, 1.165) is 32.4 Å². The highest BCUT2D eigenvalue weighted by atomic mass is 16.5. The Morgan fingerprint density at radius 2 is 2.06 bits per heavy atom. The molecular formula is C15H23NO. The fourth-order valence-corrected chi connectivity index (χ4v) is 2.51. The van der Waals surface area contributed by atoms with Gasteiger partial charge in [0.15, 0.2) is 0 Å². The van der Waals surface area contributed by atoms with Crippen LogP contribution in [0.5, 0.6) is 0 Å². The summed E-state index contributed by atoms with van der Waals surface area (Å²) in [5.74, 6) is 0. The molecule has 2 nitrogen and oxygen atoms in total. The van der Waals surface area contributed by atoms with Crippen molar-refractivity contribution in [1.29, 1.82) is 0 Å². The monoisotopic (exact) mass is 233 g/mol. The number of hydrogen-bond acceptors (Lipinski definition) is 2. The van der Waals surface area contributed by atoms with Crippen molar-refractivity contribution in [3.05, 3.63) is 35.4 Å². The summed E-state index contributed by atoms with van der Waals surface area (Å²) in [4.78, 5) is 0. The van der Waals surface area contributed by atoms with Gasteiger partial charge in [-0.15, -0.1) is 0 Å². The molecule has 2 rings (SSSR count). The van der Waals surface area contributed by atoms with Gasteiger partial charge in [0.05, 0.1) is 6.10 Å². The maximum Gasteiger partial charge on any atom is 0.0561 e. The minimum Gasteiger partial charge on any atom is -0.378 e. The molecule has 1 heterocycles. The van der Waals surface area contributed by atoms with Crippen molar-refractivity contribution in [1.82, 2.24) is 5.32 Å². The van der Waals surface area contributed by atoms with Gasteiger partial charge in [-0.25, -0.2) is 0 Å². The second-order valence-electron chi connectivity index (χ2n) is 4.91. The molecule has 2 heteroatoms. The molecule has 1 aromatic carbocycles. The molecular weight excluding hydrogens is 210 g/mol. The van der Waals surface area contributed by atoms with Gasteiger partial charge in [0.2, 0.25) is 0 Å². The summed E-state index contributed by atoms with van der Waals surface area (Å²) >= 11 is 0. The Hall–Kier alpha value is -0.860. The average molecular weight is 233 g/mol. The Morgan fingerprint density at radius 3 is 2.76 bits per heavy atom. The van der Waals surface area contributed by atoms with Crippen molar-refractivity contribution in [2.45, 2.75) is 51.8 Å². The third-order valence-electron chi connectivity index (χ3n) is 3.57. The molecule has 1 N–H and O–H groups in total. The number of ether oxygens (including phenoxy) is 1. The van der Waals surface area contributed by atoms with Gasteiger partial charge >= 0.3 is 0 Å². The lowest BCUT2D eigenvalue weighted by Crippen LogP contribution is -2.37. The first kappa shape index (κ1) is 12.6. The molecule has 0 saturated carbocycles. The van der Waals surface area contributed by atoms with Crippen LogP contribution in [0.15, 0.2) is 24.3 Å². The van der Waals surface area contributed by atoms with Crippen molar-refractivity contribution >= 4 is 0 Å². The first-order valence-corrected chi connectivity index (χ1v) is 6.71. The summed E-state index contributed by atoms with van der Waals surface area (Å²) in [6.45, 7) is 6.26. The van der Waals surface area contributed by atoms with Crippen LogP contribution in [0.2, 0.25) is 0 Å². The smallest absolute Gasteiger partial charge is 0.0561 e. The quantitative estimate of drug-likeness (QED) is 0.863. The standard InChI is InChI=1S/C15H23NO/c1-3-13-6-4-5-7-14(13)11-16-15-8-9-17-12(2)10-15/h4-7,12,15-16H,3,8-11H2,1-2H3. The fourth-order valence-electron chi connectivity index (χ4n) is 2.51. The number of nitrogens with one attached hydrogen (secondary N) is 1. The van der Waals surface area contributed by atoms with Crippen LogP contribution in [0.3, 0.4) is 0 Å². The first-order valence-electron chi connectivity index (χ1n) is 6.71. The largest absolute Gasteiger partial charge is 0.378 e. The third kappa shape index (κ3) is 3.55. The summed E-state index contributed by atoms with van der Waals surface area (Å²) in [6.07, 6.45) is 3.79.